The lowest BCUT2D eigenvalue weighted by Gasteiger charge is -2.13. The standard InChI is InChI=1S/C14H8Cl3NO2S/c1-2-10(20-14(19)12-6-21-7-18-12)4-8-3-9(15)5-11(16)13(8)17/h1,3,5-7,10H,4H2. The normalized spacial score (nSPS) is 11.7. The SMILES string of the molecule is C#CC(Cc1cc(Cl)cc(Cl)c1Cl)OC(=O)c1cscn1. The summed E-state index contributed by atoms with van der Waals surface area (Å²) in [7, 11) is 0. The number of carbonyl (C=O) groups excluding carboxylic acids is 1. The molecule has 3 nitrogen and oxygen atoms in total. The molecule has 0 spiro atoms. The van der Waals surface area contributed by atoms with E-state index in [9.17, 15) is 4.79 Å². The van der Waals surface area contributed by atoms with Gasteiger partial charge in [0.05, 0.1) is 15.6 Å². The maximum atomic E-state index is 11.8. The minimum Gasteiger partial charge on any atom is -0.444 e. The molecule has 0 aliphatic rings. The number of hydrogen-bond donors (Lipinski definition) is 0. The van der Waals surface area contributed by atoms with Crippen molar-refractivity contribution in [2.75, 3.05) is 0 Å². The Morgan fingerprint density at radius 1 is 1.43 bits per heavy atom. The van der Waals surface area contributed by atoms with Crippen molar-refractivity contribution in [3.05, 3.63) is 49.3 Å². The summed E-state index contributed by atoms with van der Waals surface area (Å²) >= 11 is 19.3. The number of terminal acetylenes is 1. The van der Waals surface area contributed by atoms with Gasteiger partial charge in [0.2, 0.25) is 0 Å². The van der Waals surface area contributed by atoms with Gasteiger partial charge in [-0.1, -0.05) is 40.7 Å². The van der Waals surface area contributed by atoms with E-state index in [2.05, 4.69) is 10.9 Å². The summed E-state index contributed by atoms with van der Waals surface area (Å²) in [5.74, 6) is 1.82. The average Bonchev–Trinajstić information content (AvgIpc) is 2.97. The molecule has 0 aliphatic heterocycles. The van der Waals surface area contributed by atoms with Crippen molar-refractivity contribution in [2.24, 2.45) is 0 Å². The first kappa shape index (κ1) is 16.1. The zero-order chi connectivity index (χ0) is 15.4. The Kier molecular flexibility index (Phi) is 5.49. The van der Waals surface area contributed by atoms with Crippen molar-refractivity contribution in [3.63, 3.8) is 0 Å². The number of ether oxygens (including phenoxy) is 1. The summed E-state index contributed by atoms with van der Waals surface area (Å²) < 4.78 is 5.21. The highest BCUT2D eigenvalue weighted by atomic mass is 35.5. The van der Waals surface area contributed by atoms with Crippen LogP contribution in [0.2, 0.25) is 15.1 Å². The molecule has 2 rings (SSSR count). The van der Waals surface area contributed by atoms with Gasteiger partial charge in [0.25, 0.3) is 0 Å². The van der Waals surface area contributed by atoms with E-state index >= 15 is 0 Å². The molecule has 0 bridgehead atoms. The quantitative estimate of drug-likeness (QED) is 0.458. The van der Waals surface area contributed by atoms with Crippen molar-refractivity contribution in [1.82, 2.24) is 4.98 Å². The van der Waals surface area contributed by atoms with Crippen LogP contribution in [0, 0.1) is 12.3 Å². The molecule has 0 saturated heterocycles. The summed E-state index contributed by atoms with van der Waals surface area (Å²) in [6, 6.07) is 3.16. The summed E-state index contributed by atoms with van der Waals surface area (Å²) in [5.41, 5.74) is 2.37. The van der Waals surface area contributed by atoms with Crippen molar-refractivity contribution in [2.45, 2.75) is 12.5 Å². The van der Waals surface area contributed by atoms with E-state index in [1.807, 2.05) is 0 Å². The second-order valence-electron chi connectivity index (χ2n) is 4.00. The number of rotatable bonds is 4. The van der Waals surface area contributed by atoms with Gasteiger partial charge in [-0.3, -0.25) is 0 Å². The molecule has 0 fully saturated rings. The molecule has 1 atom stereocenters. The lowest BCUT2D eigenvalue weighted by Crippen LogP contribution is -2.19. The second-order valence-corrected chi connectivity index (χ2v) is 5.94. The number of carbonyl (C=O) groups is 1. The minimum absolute atomic E-state index is 0.214. The van der Waals surface area contributed by atoms with Crippen LogP contribution in [0.4, 0.5) is 0 Å². The van der Waals surface area contributed by atoms with Crippen LogP contribution in [0.5, 0.6) is 0 Å². The zero-order valence-electron chi connectivity index (χ0n) is 10.5. The molecular weight excluding hydrogens is 353 g/mol. The van der Waals surface area contributed by atoms with Crippen molar-refractivity contribution < 1.29 is 9.53 Å². The van der Waals surface area contributed by atoms with Gasteiger partial charge in [0.15, 0.2) is 11.8 Å². The fourth-order valence-corrected chi connectivity index (χ4v) is 2.84. The first-order chi connectivity index (χ1) is 10.0. The summed E-state index contributed by atoms with van der Waals surface area (Å²) in [6.07, 6.45) is 4.82. The van der Waals surface area contributed by atoms with Crippen LogP contribution in [0.25, 0.3) is 0 Å². The topological polar surface area (TPSA) is 39.2 Å². The number of benzene rings is 1. The van der Waals surface area contributed by atoms with Crippen molar-refractivity contribution in [1.29, 1.82) is 0 Å². The predicted octanol–water partition coefficient (Wildman–Crippen LogP) is 4.50. The van der Waals surface area contributed by atoms with Crippen molar-refractivity contribution >= 4 is 52.1 Å². The summed E-state index contributed by atoms with van der Waals surface area (Å²) in [6.45, 7) is 0. The van der Waals surface area contributed by atoms with Gasteiger partial charge in [-0.25, -0.2) is 9.78 Å². The van der Waals surface area contributed by atoms with Gasteiger partial charge in [-0.15, -0.1) is 17.8 Å². The molecule has 0 amide bonds. The highest BCUT2D eigenvalue weighted by Crippen LogP contribution is 2.30. The molecule has 0 saturated carbocycles. The molecule has 0 N–H and O–H groups in total. The number of esters is 1. The largest absolute Gasteiger partial charge is 0.444 e. The lowest BCUT2D eigenvalue weighted by molar-refractivity contribution is 0.0405. The molecule has 21 heavy (non-hydrogen) atoms. The first-order valence-electron chi connectivity index (χ1n) is 5.70. The van der Waals surface area contributed by atoms with E-state index in [1.165, 1.54) is 22.9 Å². The van der Waals surface area contributed by atoms with Gasteiger partial charge in [0, 0.05) is 16.8 Å². The van der Waals surface area contributed by atoms with Gasteiger partial charge < -0.3 is 4.74 Å². The van der Waals surface area contributed by atoms with Crippen LogP contribution in [0.3, 0.4) is 0 Å². The Bertz CT molecular complexity index is 695. The fraction of sp³-hybridized carbons (Fsp3) is 0.143. The predicted molar refractivity (Wildman–Crippen MR) is 85.3 cm³/mol. The first-order valence-corrected chi connectivity index (χ1v) is 7.77. The zero-order valence-corrected chi connectivity index (χ0v) is 13.6. The number of hydrogen-bond acceptors (Lipinski definition) is 4. The molecule has 7 heteroatoms. The molecule has 1 unspecified atom stereocenters. The second kappa shape index (κ2) is 7.15. The maximum Gasteiger partial charge on any atom is 0.359 e. The molecule has 1 heterocycles. The molecule has 0 radical (unpaired) electrons. The fourth-order valence-electron chi connectivity index (χ4n) is 1.60. The van der Waals surface area contributed by atoms with E-state index in [-0.39, 0.29) is 12.1 Å². The van der Waals surface area contributed by atoms with Crippen LogP contribution in [-0.2, 0) is 11.2 Å². The number of thiazole rings is 1. The van der Waals surface area contributed by atoms with Crippen LogP contribution < -0.4 is 0 Å². The average molecular weight is 361 g/mol. The Balaban J connectivity index is 2.13. The molecule has 1 aromatic carbocycles. The minimum atomic E-state index is -0.786. The number of nitrogens with zero attached hydrogens (tertiary/aromatic N) is 1. The summed E-state index contributed by atoms with van der Waals surface area (Å²) in [4.78, 5) is 15.7. The van der Waals surface area contributed by atoms with E-state index in [0.717, 1.165) is 0 Å². The third-order valence-electron chi connectivity index (χ3n) is 2.55. The van der Waals surface area contributed by atoms with Crippen LogP contribution in [-0.4, -0.2) is 17.1 Å². The highest BCUT2D eigenvalue weighted by molar-refractivity contribution is 7.07. The Labute approximate surface area is 140 Å². The Hall–Kier alpha value is -1.25. The maximum absolute atomic E-state index is 11.8. The van der Waals surface area contributed by atoms with Crippen LogP contribution >= 0.6 is 46.1 Å². The van der Waals surface area contributed by atoms with Crippen molar-refractivity contribution in [3.8, 4) is 12.3 Å². The van der Waals surface area contributed by atoms with Gasteiger partial charge in [-0.2, -0.15) is 0 Å². The van der Waals surface area contributed by atoms with E-state index < -0.39 is 12.1 Å². The van der Waals surface area contributed by atoms with E-state index in [1.54, 1.807) is 11.4 Å². The van der Waals surface area contributed by atoms with Gasteiger partial charge >= 0.3 is 5.97 Å². The van der Waals surface area contributed by atoms with E-state index in [4.69, 9.17) is 46.0 Å². The van der Waals surface area contributed by atoms with Crippen LogP contribution in [0.1, 0.15) is 16.1 Å². The third-order valence-corrected chi connectivity index (χ3v) is 4.20. The molecule has 0 aliphatic carbocycles. The number of aromatic nitrogens is 1. The van der Waals surface area contributed by atoms with Gasteiger partial charge in [0.1, 0.15) is 0 Å². The molecular formula is C14H8Cl3NO2S. The Morgan fingerprint density at radius 2 is 2.19 bits per heavy atom. The third kappa shape index (κ3) is 4.12. The smallest absolute Gasteiger partial charge is 0.359 e. The Morgan fingerprint density at radius 3 is 2.81 bits per heavy atom. The molecule has 1 aromatic heterocycles. The van der Waals surface area contributed by atoms with E-state index in [0.29, 0.717) is 20.6 Å². The molecule has 108 valence electrons. The molecule has 2 aromatic rings. The monoisotopic (exact) mass is 359 g/mol. The number of halogens is 3. The van der Waals surface area contributed by atoms with Crippen LogP contribution in [0.15, 0.2) is 23.0 Å². The lowest BCUT2D eigenvalue weighted by atomic mass is 10.1. The summed E-state index contributed by atoms with van der Waals surface area (Å²) in [5, 5.41) is 2.67. The highest BCUT2D eigenvalue weighted by Gasteiger charge is 2.18. The van der Waals surface area contributed by atoms with Gasteiger partial charge in [-0.05, 0) is 17.7 Å².